The van der Waals surface area contributed by atoms with Crippen molar-refractivity contribution >= 4 is 11.9 Å². The summed E-state index contributed by atoms with van der Waals surface area (Å²) in [6, 6.07) is 0.122. The van der Waals surface area contributed by atoms with Gasteiger partial charge >= 0.3 is 6.09 Å². The third kappa shape index (κ3) is 4.09. The van der Waals surface area contributed by atoms with Gasteiger partial charge in [-0.05, 0) is 40.0 Å². The number of amidine groups is 1. The van der Waals surface area contributed by atoms with E-state index >= 15 is 0 Å². The highest BCUT2D eigenvalue weighted by atomic mass is 16.6. The Balaban J connectivity index is 2.56. The standard InChI is InChI=1S/C12H23N3O3/c1-8-5-9(6-10(13)14-17)7-15(8)11(16)18-12(2,3)4/h8-9,17H,5-7H2,1-4H3,(H2,13,14)/t8-,9?/m0/s1. The quantitative estimate of drug-likeness (QED) is 0.341. The van der Waals surface area contributed by atoms with Gasteiger partial charge in [0.1, 0.15) is 11.4 Å². The van der Waals surface area contributed by atoms with E-state index in [0.717, 1.165) is 6.42 Å². The molecule has 1 unspecified atom stereocenters. The second kappa shape index (κ2) is 5.46. The number of carbonyl (C=O) groups is 1. The first-order chi connectivity index (χ1) is 8.23. The van der Waals surface area contributed by atoms with Crippen LogP contribution in [0.1, 0.15) is 40.5 Å². The summed E-state index contributed by atoms with van der Waals surface area (Å²) >= 11 is 0. The molecule has 104 valence electrons. The SMILES string of the molecule is C[C@H]1CC(C/C(N)=N/O)CN1C(=O)OC(C)(C)C. The van der Waals surface area contributed by atoms with Gasteiger partial charge in [0.15, 0.2) is 0 Å². The number of oxime groups is 1. The number of likely N-dealkylation sites (tertiary alicyclic amines) is 1. The lowest BCUT2D eigenvalue weighted by molar-refractivity contribution is 0.0234. The highest BCUT2D eigenvalue weighted by Crippen LogP contribution is 2.27. The first-order valence-corrected chi connectivity index (χ1v) is 6.19. The maximum atomic E-state index is 12.0. The van der Waals surface area contributed by atoms with Crippen molar-refractivity contribution in [2.75, 3.05) is 6.54 Å². The molecule has 0 saturated carbocycles. The van der Waals surface area contributed by atoms with E-state index in [1.807, 2.05) is 27.7 Å². The van der Waals surface area contributed by atoms with Crippen LogP contribution in [-0.2, 0) is 4.74 Å². The maximum absolute atomic E-state index is 12.0. The van der Waals surface area contributed by atoms with E-state index in [2.05, 4.69) is 5.16 Å². The first-order valence-electron chi connectivity index (χ1n) is 6.19. The fourth-order valence-electron chi connectivity index (χ4n) is 2.20. The number of nitrogens with zero attached hydrogens (tertiary/aromatic N) is 2. The first kappa shape index (κ1) is 14.6. The molecule has 1 rings (SSSR count). The fourth-order valence-corrected chi connectivity index (χ4v) is 2.20. The Morgan fingerprint density at radius 1 is 1.56 bits per heavy atom. The summed E-state index contributed by atoms with van der Waals surface area (Å²) in [7, 11) is 0. The van der Waals surface area contributed by atoms with Crippen LogP contribution in [0.15, 0.2) is 5.16 Å². The molecule has 1 heterocycles. The summed E-state index contributed by atoms with van der Waals surface area (Å²) in [6.45, 7) is 8.11. The second-order valence-corrected chi connectivity index (χ2v) is 5.88. The van der Waals surface area contributed by atoms with Crippen molar-refractivity contribution < 1.29 is 14.7 Å². The Bertz CT molecular complexity index is 336. The summed E-state index contributed by atoms with van der Waals surface area (Å²) in [5, 5.41) is 11.5. The minimum absolute atomic E-state index is 0.122. The molecule has 6 nitrogen and oxygen atoms in total. The minimum Gasteiger partial charge on any atom is -0.444 e. The van der Waals surface area contributed by atoms with E-state index in [1.165, 1.54) is 0 Å². The Kier molecular flexibility index (Phi) is 4.43. The van der Waals surface area contributed by atoms with Crippen LogP contribution in [0.4, 0.5) is 4.79 Å². The van der Waals surface area contributed by atoms with Crippen molar-refractivity contribution in [2.45, 2.75) is 52.2 Å². The summed E-state index contributed by atoms with van der Waals surface area (Å²) < 4.78 is 5.35. The van der Waals surface area contributed by atoms with Gasteiger partial charge in [0, 0.05) is 19.0 Å². The molecule has 1 saturated heterocycles. The molecule has 0 aromatic heterocycles. The van der Waals surface area contributed by atoms with E-state index in [9.17, 15) is 4.79 Å². The third-order valence-electron chi connectivity index (χ3n) is 2.92. The third-order valence-corrected chi connectivity index (χ3v) is 2.92. The maximum Gasteiger partial charge on any atom is 0.410 e. The van der Waals surface area contributed by atoms with Crippen molar-refractivity contribution in [3.63, 3.8) is 0 Å². The fraction of sp³-hybridized carbons (Fsp3) is 0.833. The van der Waals surface area contributed by atoms with Crippen LogP contribution in [0.5, 0.6) is 0 Å². The van der Waals surface area contributed by atoms with E-state index < -0.39 is 5.60 Å². The molecular formula is C12H23N3O3. The lowest BCUT2D eigenvalue weighted by Crippen LogP contribution is -2.38. The molecule has 18 heavy (non-hydrogen) atoms. The summed E-state index contributed by atoms with van der Waals surface area (Å²) in [5.74, 6) is 0.432. The summed E-state index contributed by atoms with van der Waals surface area (Å²) in [6.07, 6.45) is 1.05. The average molecular weight is 257 g/mol. The number of carbonyl (C=O) groups excluding carboxylic acids is 1. The lowest BCUT2D eigenvalue weighted by atomic mass is 10.0. The number of amides is 1. The second-order valence-electron chi connectivity index (χ2n) is 5.88. The van der Waals surface area contributed by atoms with E-state index in [1.54, 1.807) is 4.90 Å². The molecule has 1 fully saturated rings. The van der Waals surface area contributed by atoms with Crippen LogP contribution >= 0.6 is 0 Å². The van der Waals surface area contributed by atoms with Gasteiger partial charge in [-0.1, -0.05) is 5.16 Å². The van der Waals surface area contributed by atoms with Crippen LogP contribution < -0.4 is 5.73 Å². The molecule has 0 aliphatic carbocycles. The number of nitrogens with two attached hydrogens (primary N) is 1. The van der Waals surface area contributed by atoms with E-state index in [4.69, 9.17) is 15.7 Å². The van der Waals surface area contributed by atoms with Gasteiger partial charge in [0.2, 0.25) is 0 Å². The van der Waals surface area contributed by atoms with Gasteiger partial charge in [0.25, 0.3) is 0 Å². The summed E-state index contributed by atoms with van der Waals surface area (Å²) in [5.41, 5.74) is 5.00. The molecule has 0 bridgehead atoms. The molecular weight excluding hydrogens is 234 g/mol. The lowest BCUT2D eigenvalue weighted by Gasteiger charge is -2.27. The highest BCUT2D eigenvalue weighted by Gasteiger charge is 2.35. The molecule has 0 aromatic carbocycles. The van der Waals surface area contributed by atoms with Crippen LogP contribution in [0, 0.1) is 5.92 Å². The van der Waals surface area contributed by atoms with Gasteiger partial charge in [-0.15, -0.1) is 0 Å². The Morgan fingerprint density at radius 3 is 2.67 bits per heavy atom. The van der Waals surface area contributed by atoms with E-state index in [0.29, 0.717) is 13.0 Å². The van der Waals surface area contributed by atoms with Crippen molar-refractivity contribution in [1.29, 1.82) is 0 Å². The smallest absolute Gasteiger partial charge is 0.410 e. The average Bonchev–Trinajstić information content (AvgIpc) is 2.56. The number of ether oxygens (including phenoxy) is 1. The molecule has 3 N–H and O–H groups in total. The molecule has 1 amide bonds. The zero-order chi connectivity index (χ0) is 13.9. The monoisotopic (exact) mass is 257 g/mol. The van der Waals surface area contributed by atoms with Gasteiger partial charge in [-0.3, -0.25) is 0 Å². The Labute approximate surface area is 108 Å². The predicted octanol–water partition coefficient (Wildman–Crippen LogP) is 1.77. The summed E-state index contributed by atoms with van der Waals surface area (Å²) in [4.78, 5) is 13.7. The normalized spacial score (nSPS) is 25.3. The Morgan fingerprint density at radius 2 is 2.17 bits per heavy atom. The predicted molar refractivity (Wildman–Crippen MR) is 68.5 cm³/mol. The zero-order valence-electron chi connectivity index (χ0n) is 11.5. The number of hydrogen-bond acceptors (Lipinski definition) is 4. The number of rotatable bonds is 2. The van der Waals surface area contributed by atoms with Crippen molar-refractivity contribution in [2.24, 2.45) is 16.8 Å². The van der Waals surface area contributed by atoms with E-state index in [-0.39, 0.29) is 23.9 Å². The van der Waals surface area contributed by atoms with Gasteiger partial charge in [-0.2, -0.15) is 0 Å². The van der Waals surface area contributed by atoms with Crippen LogP contribution in [0.3, 0.4) is 0 Å². The molecule has 1 aliphatic rings. The van der Waals surface area contributed by atoms with Crippen LogP contribution in [0.2, 0.25) is 0 Å². The largest absolute Gasteiger partial charge is 0.444 e. The number of hydrogen-bond donors (Lipinski definition) is 2. The Hall–Kier alpha value is -1.46. The van der Waals surface area contributed by atoms with Crippen LogP contribution in [0.25, 0.3) is 0 Å². The molecule has 6 heteroatoms. The molecule has 2 atom stereocenters. The minimum atomic E-state index is -0.486. The highest BCUT2D eigenvalue weighted by molar-refractivity contribution is 5.80. The molecule has 1 aliphatic heterocycles. The van der Waals surface area contributed by atoms with Gasteiger partial charge in [-0.25, -0.2) is 4.79 Å². The molecule has 0 spiro atoms. The molecule has 0 aromatic rings. The van der Waals surface area contributed by atoms with Gasteiger partial charge < -0.3 is 20.6 Å². The van der Waals surface area contributed by atoms with Crippen molar-refractivity contribution in [3.8, 4) is 0 Å². The molecule has 0 radical (unpaired) electrons. The van der Waals surface area contributed by atoms with Crippen molar-refractivity contribution in [3.05, 3.63) is 0 Å². The zero-order valence-corrected chi connectivity index (χ0v) is 11.5. The van der Waals surface area contributed by atoms with Crippen LogP contribution in [-0.4, -0.2) is 40.2 Å². The van der Waals surface area contributed by atoms with Crippen molar-refractivity contribution in [1.82, 2.24) is 4.90 Å². The topological polar surface area (TPSA) is 88.2 Å². The van der Waals surface area contributed by atoms with Gasteiger partial charge in [0.05, 0.1) is 0 Å².